The van der Waals surface area contributed by atoms with Crippen molar-refractivity contribution in [1.29, 1.82) is 0 Å². The predicted octanol–water partition coefficient (Wildman–Crippen LogP) is 3.50. The molecule has 2 aliphatic rings. The number of likely N-dealkylation sites (N-methyl/N-ethyl adjacent to an activating group) is 1. The Morgan fingerprint density at radius 1 is 1.06 bits per heavy atom. The minimum absolute atomic E-state index is 0.0438. The van der Waals surface area contributed by atoms with Gasteiger partial charge in [-0.1, -0.05) is 29.8 Å². The largest absolute Gasteiger partial charge is 0.354 e. The molecule has 0 aliphatic carbocycles. The topological polar surface area (TPSA) is 65.5 Å². The molecule has 0 N–H and O–H groups in total. The number of amides is 1. The summed E-state index contributed by atoms with van der Waals surface area (Å²) < 4.78 is 0. The molecule has 0 saturated carbocycles. The number of anilines is 1. The average molecular weight is 457 g/mol. The third-order valence-corrected chi connectivity index (χ3v) is 6.85. The molecule has 1 amide bonds. The average Bonchev–Trinajstić information content (AvgIpc) is 3.34. The van der Waals surface area contributed by atoms with Crippen LogP contribution in [0.3, 0.4) is 0 Å². The van der Waals surface area contributed by atoms with Crippen molar-refractivity contribution in [2.45, 2.75) is 32.2 Å². The number of hydrogen-bond donors (Lipinski definition) is 0. The van der Waals surface area contributed by atoms with Crippen molar-refractivity contribution in [1.82, 2.24) is 24.8 Å². The lowest BCUT2D eigenvalue weighted by atomic mass is 10.1. The van der Waals surface area contributed by atoms with Gasteiger partial charge < -0.3 is 14.7 Å². The number of carbonyl (C=O) groups is 1. The number of carbonyl (C=O) groups excluding carboxylic acids is 1. The lowest BCUT2D eigenvalue weighted by Gasteiger charge is -2.33. The smallest absolute Gasteiger partial charge is 0.254 e. The van der Waals surface area contributed by atoms with Crippen LogP contribution in [0.15, 0.2) is 55.0 Å². The SMILES string of the molecule is Cc1cccc(Cc2cncc([C@@H]3CCCN3C(=O)c3ccnc(N4CCN(C)CC4)c3)n2)c1. The first-order chi connectivity index (χ1) is 16.6. The van der Waals surface area contributed by atoms with Gasteiger partial charge in [-0.05, 0) is 44.5 Å². The summed E-state index contributed by atoms with van der Waals surface area (Å²) >= 11 is 0. The van der Waals surface area contributed by atoms with Crippen LogP contribution in [0.25, 0.3) is 0 Å². The van der Waals surface area contributed by atoms with Crippen LogP contribution in [0.1, 0.15) is 51.8 Å². The van der Waals surface area contributed by atoms with Crippen LogP contribution in [-0.2, 0) is 6.42 Å². The molecule has 7 nitrogen and oxygen atoms in total. The zero-order valence-electron chi connectivity index (χ0n) is 20.0. The molecule has 4 heterocycles. The van der Waals surface area contributed by atoms with E-state index in [1.165, 1.54) is 11.1 Å². The second-order valence-electron chi connectivity index (χ2n) is 9.45. The summed E-state index contributed by atoms with van der Waals surface area (Å²) in [6.07, 6.45) is 8.02. The van der Waals surface area contributed by atoms with E-state index in [0.29, 0.717) is 5.56 Å². The normalized spacial score (nSPS) is 18.9. The second-order valence-corrected chi connectivity index (χ2v) is 9.45. The standard InChI is InChI=1S/C27H32N6O/c1-20-5-3-6-21(15-20)16-23-18-28-19-24(30-23)25-7-4-10-33(25)27(34)22-8-9-29-26(17-22)32-13-11-31(2)12-14-32/h3,5-6,8-9,15,17-19,25H,4,7,10-14,16H2,1-2H3/t25-/m0/s1. The van der Waals surface area contributed by atoms with Crippen molar-refractivity contribution < 1.29 is 4.79 Å². The molecule has 176 valence electrons. The minimum Gasteiger partial charge on any atom is -0.354 e. The van der Waals surface area contributed by atoms with E-state index in [1.807, 2.05) is 29.4 Å². The van der Waals surface area contributed by atoms with E-state index in [9.17, 15) is 4.79 Å². The number of aromatic nitrogens is 3. The Hall–Kier alpha value is -3.32. The van der Waals surface area contributed by atoms with Crippen molar-refractivity contribution in [3.05, 3.63) is 83.1 Å². The first-order valence-electron chi connectivity index (χ1n) is 12.1. The summed E-state index contributed by atoms with van der Waals surface area (Å²) in [7, 11) is 2.14. The Bertz CT molecular complexity index is 1160. The van der Waals surface area contributed by atoms with Crippen LogP contribution < -0.4 is 4.90 Å². The van der Waals surface area contributed by atoms with E-state index in [2.05, 4.69) is 58.0 Å². The summed E-state index contributed by atoms with van der Waals surface area (Å²) in [5.41, 5.74) is 4.97. The van der Waals surface area contributed by atoms with Crippen molar-refractivity contribution in [2.75, 3.05) is 44.7 Å². The van der Waals surface area contributed by atoms with Gasteiger partial charge in [-0.2, -0.15) is 0 Å². The third-order valence-electron chi connectivity index (χ3n) is 6.85. The van der Waals surface area contributed by atoms with Crippen molar-refractivity contribution >= 4 is 11.7 Å². The summed E-state index contributed by atoms with van der Waals surface area (Å²) in [5.74, 6) is 0.931. The molecule has 5 rings (SSSR count). The zero-order chi connectivity index (χ0) is 23.5. The van der Waals surface area contributed by atoms with E-state index in [0.717, 1.165) is 69.2 Å². The van der Waals surface area contributed by atoms with Crippen LogP contribution >= 0.6 is 0 Å². The number of rotatable bonds is 5. The van der Waals surface area contributed by atoms with Gasteiger partial charge in [0, 0.05) is 57.1 Å². The zero-order valence-corrected chi connectivity index (χ0v) is 20.0. The van der Waals surface area contributed by atoms with E-state index in [4.69, 9.17) is 4.98 Å². The van der Waals surface area contributed by atoms with Gasteiger partial charge in [0.05, 0.1) is 23.6 Å². The number of likely N-dealkylation sites (tertiary alicyclic amines) is 1. The maximum absolute atomic E-state index is 13.6. The van der Waals surface area contributed by atoms with Gasteiger partial charge in [0.15, 0.2) is 0 Å². The monoisotopic (exact) mass is 456 g/mol. The Morgan fingerprint density at radius 2 is 1.91 bits per heavy atom. The van der Waals surface area contributed by atoms with Crippen molar-refractivity contribution in [3.63, 3.8) is 0 Å². The molecule has 7 heteroatoms. The minimum atomic E-state index is -0.0438. The summed E-state index contributed by atoms with van der Waals surface area (Å²) in [6, 6.07) is 12.2. The van der Waals surface area contributed by atoms with Gasteiger partial charge in [-0.25, -0.2) is 4.98 Å². The Balaban J connectivity index is 1.33. The van der Waals surface area contributed by atoms with Crippen LogP contribution in [0.2, 0.25) is 0 Å². The maximum atomic E-state index is 13.6. The van der Waals surface area contributed by atoms with E-state index >= 15 is 0 Å². The highest BCUT2D eigenvalue weighted by molar-refractivity contribution is 5.95. The predicted molar refractivity (Wildman–Crippen MR) is 133 cm³/mol. The highest BCUT2D eigenvalue weighted by Gasteiger charge is 2.32. The highest BCUT2D eigenvalue weighted by atomic mass is 16.2. The summed E-state index contributed by atoms with van der Waals surface area (Å²) in [5, 5.41) is 0. The van der Waals surface area contributed by atoms with Gasteiger partial charge in [0.1, 0.15) is 5.82 Å². The quantitative estimate of drug-likeness (QED) is 0.586. The van der Waals surface area contributed by atoms with Crippen LogP contribution in [-0.4, -0.2) is 70.4 Å². The van der Waals surface area contributed by atoms with E-state index in [-0.39, 0.29) is 11.9 Å². The number of nitrogens with zero attached hydrogens (tertiary/aromatic N) is 6. The second kappa shape index (κ2) is 9.89. The van der Waals surface area contributed by atoms with Gasteiger partial charge in [0.25, 0.3) is 5.91 Å². The lowest BCUT2D eigenvalue weighted by Crippen LogP contribution is -2.44. The molecule has 1 aromatic carbocycles. The number of benzene rings is 1. The summed E-state index contributed by atoms with van der Waals surface area (Å²) in [4.78, 5) is 34.0. The Kier molecular flexibility index (Phi) is 6.54. The fourth-order valence-corrected chi connectivity index (χ4v) is 4.94. The maximum Gasteiger partial charge on any atom is 0.254 e. The fraction of sp³-hybridized carbons (Fsp3) is 0.407. The number of hydrogen-bond acceptors (Lipinski definition) is 6. The Labute approximate surface area is 201 Å². The number of pyridine rings is 1. The first kappa shape index (κ1) is 22.5. The van der Waals surface area contributed by atoms with Crippen LogP contribution in [0.5, 0.6) is 0 Å². The molecule has 3 aromatic rings. The van der Waals surface area contributed by atoms with E-state index in [1.54, 1.807) is 6.20 Å². The first-order valence-corrected chi connectivity index (χ1v) is 12.1. The number of aryl methyl sites for hydroxylation is 1. The molecule has 2 aliphatic heterocycles. The molecule has 34 heavy (non-hydrogen) atoms. The van der Waals surface area contributed by atoms with Gasteiger partial charge >= 0.3 is 0 Å². The van der Waals surface area contributed by atoms with Gasteiger partial charge in [0.2, 0.25) is 0 Å². The van der Waals surface area contributed by atoms with Crippen LogP contribution in [0, 0.1) is 6.92 Å². The van der Waals surface area contributed by atoms with Gasteiger partial charge in [-0.3, -0.25) is 14.8 Å². The molecule has 2 saturated heterocycles. The molecular formula is C27H32N6O. The molecular weight excluding hydrogens is 424 g/mol. The molecule has 0 bridgehead atoms. The molecule has 0 unspecified atom stereocenters. The molecule has 2 fully saturated rings. The Morgan fingerprint density at radius 3 is 2.74 bits per heavy atom. The number of piperazine rings is 1. The molecule has 0 spiro atoms. The van der Waals surface area contributed by atoms with Crippen LogP contribution in [0.4, 0.5) is 5.82 Å². The third kappa shape index (κ3) is 4.94. The van der Waals surface area contributed by atoms with Crippen molar-refractivity contribution in [2.24, 2.45) is 0 Å². The molecule has 0 radical (unpaired) electrons. The van der Waals surface area contributed by atoms with E-state index < -0.39 is 0 Å². The summed E-state index contributed by atoms with van der Waals surface area (Å²) in [6.45, 7) is 6.70. The lowest BCUT2D eigenvalue weighted by molar-refractivity contribution is 0.0732. The van der Waals surface area contributed by atoms with Crippen molar-refractivity contribution in [3.8, 4) is 0 Å². The fourth-order valence-electron chi connectivity index (χ4n) is 4.94. The highest BCUT2D eigenvalue weighted by Crippen LogP contribution is 2.32. The molecule has 1 atom stereocenters. The van der Waals surface area contributed by atoms with Gasteiger partial charge in [-0.15, -0.1) is 0 Å². The molecule has 2 aromatic heterocycles.